The summed E-state index contributed by atoms with van der Waals surface area (Å²) in [6.07, 6.45) is 2.57. The van der Waals surface area contributed by atoms with Gasteiger partial charge in [-0.15, -0.1) is 0 Å². The Hall–Kier alpha value is -3.16. The number of H-pyrrole nitrogens is 1. The van der Waals surface area contributed by atoms with Crippen molar-refractivity contribution in [2.24, 2.45) is 0 Å². The number of carbonyl (C=O) groups excluding carboxylic acids is 4. The minimum atomic E-state index is -1.41. The highest BCUT2D eigenvalue weighted by Crippen LogP contribution is 2.49. The Labute approximate surface area is 192 Å². The van der Waals surface area contributed by atoms with E-state index in [-0.39, 0.29) is 37.7 Å². The van der Waals surface area contributed by atoms with Crippen LogP contribution in [-0.2, 0) is 35.7 Å². The highest BCUT2D eigenvalue weighted by atomic mass is 16.5. The molecule has 176 valence electrons. The molecule has 0 atom stereocenters. The average Bonchev–Trinajstić information content (AvgIpc) is 3.15. The number of Topliss-reactive ketones (excluding diaryl/α,β-unsaturated/α-hetero) is 1. The Kier molecular flexibility index (Phi) is 6.28. The van der Waals surface area contributed by atoms with Crippen LogP contribution in [0.1, 0.15) is 74.5 Å². The van der Waals surface area contributed by atoms with E-state index in [0.29, 0.717) is 29.9 Å². The fourth-order valence-corrected chi connectivity index (χ4v) is 5.22. The Bertz CT molecular complexity index is 1110. The van der Waals surface area contributed by atoms with E-state index in [4.69, 9.17) is 9.47 Å². The van der Waals surface area contributed by atoms with Crippen molar-refractivity contribution in [1.82, 2.24) is 4.98 Å². The van der Waals surface area contributed by atoms with Gasteiger partial charge >= 0.3 is 11.9 Å². The molecule has 33 heavy (non-hydrogen) atoms. The molecule has 0 saturated heterocycles. The predicted molar refractivity (Wildman–Crippen MR) is 122 cm³/mol. The lowest BCUT2D eigenvalue weighted by atomic mass is 9.75. The first-order valence-electron chi connectivity index (χ1n) is 11.7. The first-order chi connectivity index (χ1) is 15.9. The van der Waals surface area contributed by atoms with E-state index in [2.05, 4.69) is 4.98 Å². The van der Waals surface area contributed by atoms with Crippen LogP contribution in [0.2, 0.25) is 0 Å². The smallest absolute Gasteiger partial charge is 0.307 e. The van der Waals surface area contributed by atoms with E-state index in [1.165, 1.54) is 0 Å². The van der Waals surface area contributed by atoms with Crippen LogP contribution in [0.15, 0.2) is 12.1 Å². The molecule has 1 aromatic heterocycles. The van der Waals surface area contributed by atoms with Crippen LogP contribution in [-0.4, -0.2) is 48.4 Å². The number of nitrogens with one attached hydrogen (secondary N) is 1. The standard InChI is InChI=1S/C25H30N2O6/c1-4-27-19-11-16-15-9-7-8-10-20(28)23(15)26-18(16)12-17(19)25(24(27)31,13-21(29)32-5-2)14-22(30)33-6-3/h11-12,26H,4-10,13-14H2,1-3H3. The molecule has 0 spiro atoms. The lowest BCUT2D eigenvalue weighted by molar-refractivity contribution is -0.151. The summed E-state index contributed by atoms with van der Waals surface area (Å²) < 4.78 is 10.3. The predicted octanol–water partition coefficient (Wildman–Crippen LogP) is 3.59. The minimum absolute atomic E-state index is 0.0894. The molecular weight excluding hydrogens is 424 g/mol. The van der Waals surface area contributed by atoms with Crippen molar-refractivity contribution in [3.05, 3.63) is 29.0 Å². The van der Waals surface area contributed by atoms with Crippen LogP contribution in [0, 0.1) is 0 Å². The molecule has 0 saturated carbocycles. The maximum absolute atomic E-state index is 13.7. The van der Waals surface area contributed by atoms with Gasteiger partial charge in [0.15, 0.2) is 5.78 Å². The van der Waals surface area contributed by atoms with Crippen molar-refractivity contribution in [3.63, 3.8) is 0 Å². The monoisotopic (exact) mass is 454 g/mol. The normalized spacial score (nSPS) is 17.0. The number of aromatic nitrogens is 1. The second-order valence-electron chi connectivity index (χ2n) is 8.62. The molecule has 0 fully saturated rings. The molecule has 8 heteroatoms. The average molecular weight is 455 g/mol. The third kappa shape index (κ3) is 3.81. The Morgan fingerprint density at radius 3 is 2.24 bits per heavy atom. The van der Waals surface area contributed by atoms with Crippen molar-refractivity contribution in [2.45, 2.75) is 64.7 Å². The molecule has 2 aliphatic rings. The van der Waals surface area contributed by atoms with Crippen molar-refractivity contribution >= 4 is 40.2 Å². The number of aryl methyl sites for hydroxylation is 1. The zero-order chi connectivity index (χ0) is 23.8. The summed E-state index contributed by atoms with van der Waals surface area (Å²) in [5, 5.41) is 0.910. The molecule has 1 aliphatic heterocycles. The number of likely N-dealkylation sites (N-methyl/N-ethyl adjacent to an activating group) is 1. The van der Waals surface area contributed by atoms with Gasteiger partial charge in [0.05, 0.1) is 37.2 Å². The summed E-state index contributed by atoms with van der Waals surface area (Å²) in [6, 6.07) is 3.76. The van der Waals surface area contributed by atoms with E-state index in [1.54, 1.807) is 18.7 Å². The number of amides is 1. The van der Waals surface area contributed by atoms with Crippen molar-refractivity contribution in [3.8, 4) is 0 Å². The van der Waals surface area contributed by atoms with Crippen LogP contribution < -0.4 is 4.90 Å². The van der Waals surface area contributed by atoms with Crippen molar-refractivity contribution in [1.29, 1.82) is 0 Å². The molecule has 0 unspecified atom stereocenters. The van der Waals surface area contributed by atoms with E-state index in [9.17, 15) is 19.2 Å². The summed E-state index contributed by atoms with van der Waals surface area (Å²) in [5.41, 5.74) is 2.18. The van der Waals surface area contributed by atoms with Crippen LogP contribution in [0.5, 0.6) is 0 Å². The largest absolute Gasteiger partial charge is 0.466 e. The van der Waals surface area contributed by atoms with Gasteiger partial charge in [-0.05, 0) is 63.3 Å². The zero-order valence-electron chi connectivity index (χ0n) is 19.4. The molecule has 2 aromatic rings. The van der Waals surface area contributed by atoms with Crippen molar-refractivity contribution in [2.75, 3.05) is 24.7 Å². The van der Waals surface area contributed by atoms with Gasteiger partial charge in [0.1, 0.15) is 0 Å². The summed E-state index contributed by atoms with van der Waals surface area (Å²) >= 11 is 0. The first-order valence-corrected chi connectivity index (χ1v) is 11.7. The maximum Gasteiger partial charge on any atom is 0.307 e. The Morgan fingerprint density at radius 2 is 1.64 bits per heavy atom. The number of ether oxygens (including phenoxy) is 2. The fraction of sp³-hybridized carbons (Fsp3) is 0.520. The summed E-state index contributed by atoms with van der Waals surface area (Å²) in [7, 11) is 0. The fourth-order valence-electron chi connectivity index (χ4n) is 5.22. The van der Waals surface area contributed by atoms with Crippen LogP contribution in [0.4, 0.5) is 5.69 Å². The number of aromatic amines is 1. The Balaban J connectivity index is 1.92. The van der Waals surface area contributed by atoms with Crippen LogP contribution >= 0.6 is 0 Å². The highest BCUT2D eigenvalue weighted by molar-refractivity contribution is 6.14. The highest BCUT2D eigenvalue weighted by Gasteiger charge is 2.54. The lowest BCUT2D eigenvalue weighted by Gasteiger charge is -2.27. The number of ketones is 1. The Morgan fingerprint density at radius 1 is 1.00 bits per heavy atom. The van der Waals surface area contributed by atoms with Gasteiger partial charge < -0.3 is 19.4 Å². The van der Waals surface area contributed by atoms with E-state index in [0.717, 1.165) is 35.7 Å². The number of fused-ring (bicyclic) bond motifs is 4. The molecule has 8 nitrogen and oxygen atoms in total. The number of benzene rings is 1. The van der Waals surface area contributed by atoms with Gasteiger partial charge in [0.2, 0.25) is 5.91 Å². The number of hydrogen-bond donors (Lipinski definition) is 1. The molecular formula is C25H30N2O6. The van der Waals surface area contributed by atoms with E-state index >= 15 is 0 Å². The molecule has 0 radical (unpaired) electrons. The topological polar surface area (TPSA) is 106 Å². The molecule has 1 amide bonds. The molecule has 4 rings (SSSR count). The summed E-state index contributed by atoms with van der Waals surface area (Å²) in [6.45, 7) is 6.00. The maximum atomic E-state index is 13.7. The summed E-state index contributed by atoms with van der Waals surface area (Å²) in [4.78, 5) is 56.5. The zero-order valence-corrected chi connectivity index (χ0v) is 19.4. The van der Waals surface area contributed by atoms with Gasteiger partial charge in [0, 0.05) is 29.6 Å². The van der Waals surface area contributed by atoms with Gasteiger partial charge in [0.25, 0.3) is 0 Å². The van der Waals surface area contributed by atoms with Gasteiger partial charge in [-0.3, -0.25) is 19.2 Å². The van der Waals surface area contributed by atoms with Gasteiger partial charge in [-0.2, -0.15) is 0 Å². The van der Waals surface area contributed by atoms with Crippen LogP contribution in [0.3, 0.4) is 0 Å². The molecule has 1 aromatic carbocycles. The quantitative estimate of drug-likeness (QED) is 0.506. The molecule has 0 bridgehead atoms. The van der Waals surface area contributed by atoms with E-state index in [1.807, 2.05) is 19.1 Å². The number of esters is 2. The third-order valence-electron chi connectivity index (χ3n) is 6.66. The number of rotatable bonds is 7. The minimum Gasteiger partial charge on any atom is -0.466 e. The molecule has 1 aliphatic carbocycles. The first kappa shape index (κ1) is 23.0. The SMILES string of the molecule is CCOC(=O)CC1(CC(=O)OCC)C(=O)N(CC)c2cc3c4c([nH]c3cc21)C(=O)CCCC4. The number of nitrogens with zero attached hydrogens (tertiary/aromatic N) is 1. The lowest BCUT2D eigenvalue weighted by Crippen LogP contribution is -2.44. The van der Waals surface area contributed by atoms with Gasteiger partial charge in [-0.25, -0.2) is 0 Å². The molecule has 2 heterocycles. The van der Waals surface area contributed by atoms with Gasteiger partial charge in [-0.1, -0.05) is 0 Å². The third-order valence-corrected chi connectivity index (χ3v) is 6.66. The summed E-state index contributed by atoms with van der Waals surface area (Å²) in [5.74, 6) is -1.31. The van der Waals surface area contributed by atoms with Crippen LogP contribution in [0.25, 0.3) is 10.9 Å². The molecule has 1 N–H and O–H groups in total. The number of anilines is 1. The number of hydrogen-bond acceptors (Lipinski definition) is 6. The number of carbonyl (C=O) groups is 4. The second-order valence-corrected chi connectivity index (χ2v) is 8.62. The van der Waals surface area contributed by atoms with E-state index < -0.39 is 17.4 Å². The second kappa shape index (κ2) is 9.00. The van der Waals surface area contributed by atoms with Crippen molar-refractivity contribution < 1.29 is 28.7 Å².